The standard InChI is InChI=1S/C14H17Cl2N/c15-13(7-11-3-4-17-8-14(11)16)12-6-9-1-2-10(12)5-9/h3-4,8-10,12-13H,1-2,5-7H2. The Morgan fingerprint density at radius 1 is 1.35 bits per heavy atom. The maximum Gasteiger partial charge on any atom is 0.0621 e. The molecule has 2 bridgehead atoms. The van der Waals surface area contributed by atoms with Crippen LogP contribution in [0.1, 0.15) is 31.2 Å². The Hall–Kier alpha value is -0.270. The number of hydrogen-bond donors (Lipinski definition) is 0. The largest absolute Gasteiger partial charge is 0.263 e. The van der Waals surface area contributed by atoms with Crippen molar-refractivity contribution in [3.63, 3.8) is 0 Å². The Morgan fingerprint density at radius 3 is 2.88 bits per heavy atom. The molecule has 1 heterocycles. The summed E-state index contributed by atoms with van der Waals surface area (Å²) in [5.74, 6) is 2.54. The van der Waals surface area contributed by atoms with Gasteiger partial charge in [0.25, 0.3) is 0 Å². The van der Waals surface area contributed by atoms with Gasteiger partial charge in [-0.05, 0) is 55.1 Å². The fraction of sp³-hybridized carbons (Fsp3) is 0.643. The predicted octanol–water partition coefficient (Wildman–Crippen LogP) is 4.32. The molecule has 0 saturated heterocycles. The van der Waals surface area contributed by atoms with E-state index < -0.39 is 0 Å². The van der Waals surface area contributed by atoms with E-state index in [1.165, 1.54) is 25.7 Å². The van der Waals surface area contributed by atoms with Crippen LogP contribution in [-0.2, 0) is 6.42 Å². The first-order valence-corrected chi connectivity index (χ1v) is 7.28. The van der Waals surface area contributed by atoms with E-state index >= 15 is 0 Å². The zero-order valence-electron chi connectivity index (χ0n) is 9.78. The molecule has 2 fully saturated rings. The molecular formula is C14H17Cl2N. The van der Waals surface area contributed by atoms with E-state index in [4.69, 9.17) is 23.2 Å². The number of fused-ring (bicyclic) bond motifs is 2. The van der Waals surface area contributed by atoms with Crippen molar-refractivity contribution in [3.05, 3.63) is 29.0 Å². The second-order valence-corrected chi connectivity index (χ2v) is 6.49. The second kappa shape index (κ2) is 4.78. The number of rotatable bonds is 3. The molecule has 0 aromatic carbocycles. The first-order chi connectivity index (χ1) is 8.24. The van der Waals surface area contributed by atoms with Crippen LogP contribution in [0.15, 0.2) is 18.5 Å². The van der Waals surface area contributed by atoms with E-state index in [9.17, 15) is 0 Å². The van der Waals surface area contributed by atoms with Gasteiger partial charge in [-0.2, -0.15) is 0 Å². The van der Waals surface area contributed by atoms with Gasteiger partial charge in [0.05, 0.1) is 5.02 Å². The minimum atomic E-state index is 0.241. The predicted molar refractivity (Wildman–Crippen MR) is 71.5 cm³/mol. The van der Waals surface area contributed by atoms with Crippen molar-refractivity contribution in [2.45, 2.75) is 37.5 Å². The topological polar surface area (TPSA) is 12.9 Å². The lowest BCUT2D eigenvalue weighted by Crippen LogP contribution is -2.23. The van der Waals surface area contributed by atoms with Gasteiger partial charge >= 0.3 is 0 Å². The number of alkyl halides is 1. The molecule has 2 aliphatic carbocycles. The van der Waals surface area contributed by atoms with Crippen molar-refractivity contribution in [3.8, 4) is 0 Å². The van der Waals surface area contributed by atoms with Crippen molar-refractivity contribution < 1.29 is 0 Å². The van der Waals surface area contributed by atoms with E-state index in [-0.39, 0.29) is 5.38 Å². The fourth-order valence-corrected chi connectivity index (χ4v) is 4.34. The van der Waals surface area contributed by atoms with Crippen LogP contribution in [0, 0.1) is 17.8 Å². The van der Waals surface area contributed by atoms with Gasteiger partial charge in [0.15, 0.2) is 0 Å². The van der Waals surface area contributed by atoms with Crippen molar-refractivity contribution >= 4 is 23.2 Å². The molecule has 3 heteroatoms. The van der Waals surface area contributed by atoms with Crippen LogP contribution in [0.4, 0.5) is 0 Å². The van der Waals surface area contributed by atoms with E-state index in [0.29, 0.717) is 5.92 Å². The zero-order chi connectivity index (χ0) is 11.8. The molecule has 4 unspecified atom stereocenters. The number of nitrogens with zero attached hydrogens (tertiary/aromatic N) is 1. The Bertz CT molecular complexity index is 407. The molecule has 1 aromatic rings. The SMILES string of the molecule is Clc1cnccc1CC(Cl)C1CC2CCC1C2. The molecule has 1 nitrogen and oxygen atoms in total. The monoisotopic (exact) mass is 269 g/mol. The smallest absolute Gasteiger partial charge is 0.0621 e. The van der Waals surface area contributed by atoms with Crippen LogP contribution in [0.3, 0.4) is 0 Å². The molecule has 2 aliphatic rings. The highest BCUT2D eigenvalue weighted by atomic mass is 35.5. The summed E-state index contributed by atoms with van der Waals surface area (Å²) in [6.45, 7) is 0. The van der Waals surface area contributed by atoms with Gasteiger partial charge in [-0.1, -0.05) is 18.0 Å². The van der Waals surface area contributed by atoms with E-state index in [2.05, 4.69) is 4.98 Å². The summed E-state index contributed by atoms with van der Waals surface area (Å²) in [6.07, 6.45) is 9.96. The average Bonchev–Trinajstić information content (AvgIpc) is 2.94. The molecule has 1 aromatic heterocycles. The van der Waals surface area contributed by atoms with Crippen LogP contribution in [-0.4, -0.2) is 10.4 Å². The van der Waals surface area contributed by atoms with Crippen LogP contribution in [0.2, 0.25) is 5.02 Å². The molecular weight excluding hydrogens is 253 g/mol. The maximum absolute atomic E-state index is 6.61. The molecule has 92 valence electrons. The van der Waals surface area contributed by atoms with Gasteiger partial charge in [0, 0.05) is 17.8 Å². The quantitative estimate of drug-likeness (QED) is 0.745. The second-order valence-electron chi connectivity index (χ2n) is 5.53. The highest BCUT2D eigenvalue weighted by Gasteiger charge is 2.42. The summed E-state index contributed by atoms with van der Waals surface area (Å²) >= 11 is 12.7. The van der Waals surface area contributed by atoms with E-state index in [1.54, 1.807) is 12.4 Å². The molecule has 3 rings (SSSR count). The van der Waals surface area contributed by atoms with Crippen molar-refractivity contribution in [1.29, 1.82) is 0 Å². The highest BCUT2D eigenvalue weighted by molar-refractivity contribution is 6.31. The number of halogens is 2. The summed E-state index contributed by atoms with van der Waals surface area (Å²) in [5, 5.41) is 0.992. The van der Waals surface area contributed by atoms with Crippen LogP contribution in [0.25, 0.3) is 0 Å². The van der Waals surface area contributed by atoms with E-state index in [1.807, 2.05) is 6.07 Å². The third-order valence-electron chi connectivity index (χ3n) is 4.53. The molecule has 0 aliphatic heterocycles. The molecule has 0 amide bonds. The van der Waals surface area contributed by atoms with Crippen LogP contribution >= 0.6 is 23.2 Å². The zero-order valence-corrected chi connectivity index (χ0v) is 11.3. The summed E-state index contributed by atoms with van der Waals surface area (Å²) in [6, 6.07) is 1.99. The van der Waals surface area contributed by atoms with Gasteiger partial charge in [-0.25, -0.2) is 0 Å². The average molecular weight is 270 g/mol. The van der Waals surface area contributed by atoms with Crippen LogP contribution < -0.4 is 0 Å². The van der Waals surface area contributed by atoms with Gasteiger partial charge in [0.2, 0.25) is 0 Å². The lowest BCUT2D eigenvalue weighted by Gasteiger charge is -2.26. The number of aromatic nitrogens is 1. The lowest BCUT2D eigenvalue weighted by molar-refractivity contribution is 0.319. The first-order valence-electron chi connectivity index (χ1n) is 6.46. The molecule has 0 radical (unpaired) electrons. The van der Waals surface area contributed by atoms with E-state index in [0.717, 1.165) is 28.8 Å². The maximum atomic E-state index is 6.61. The Kier molecular flexibility index (Phi) is 3.32. The lowest BCUT2D eigenvalue weighted by atomic mass is 9.84. The third-order valence-corrected chi connectivity index (χ3v) is 5.35. The molecule has 2 saturated carbocycles. The van der Waals surface area contributed by atoms with Crippen molar-refractivity contribution in [1.82, 2.24) is 4.98 Å². The van der Waals surface area contributed by atoms with Crippen molar-refractivity contribution in [2.75, 3.05) is 0 Å². The van der Waals surface area contributed by atoms with Gasteiger partial charge < -0.3 is 0 Å². The van der Waals surface area contributed by atoms with Crippen molar-refractivity contribution in [2.24, 2.45) is 17.8 Å². The fourth-order valence-electron chi connectivity index (χ4n) is 3.67. The van der Waals surface area contributed by atoms with Gasteiger partial charge in [-0.15, -0.1) is 11.6 Å². The molecule has 4 atom stereocenters. The highest BCUT2D eigenvalue weighted by Crippen LogP contribution is 2.51. The number of pyridine rings is 1. The first kappa shape index (κ1) is 11.8. The van der Waals surface area contributed by atoms with Gasteiger partial charge in [-0.3, -0.25) is 4.98 Å². The van der Waals surface area contributed by atoms with Gasteiger partial charge in [0.1, 0.15) is 0 Å². The van der Waals surface area contributed by atoms with Crippen LogP contribution in [0.5, 0.6) is 0 Å². The Labute approximate surface area is 113 Å². The Balaban J connectivity index is 1.68. The minimum absolute atomic E-state index is 0.241. The summed E-state index contributed by atoms with van der Waals surface area (Å²) in [7, 11) is 0. The summed E-state index contributed by atoms with van der Waals surface area (Å²) < 4.78 is 0. The molecule has 0 N–H and O–H groups in total. The normalized spacial score (nSPS) is 32.9. The molecule has 0 spiro atoms. The Morgan fingerprint density at radius 2 is 2.24 bits per heavy atom. The summed E-state index contributed by atoms with van der Waals surface area (Å²) in [5.41, 5.74) is 1.14. The minimum Gasteiger partial charge on any atom is -0.263 e. The third kappa shape index (κ3) is 2.32. The molecule has 17 heavy (non-hydrogen) atoms. The summed E-state index contributed by atoms with van der Waals surface area (Å²) in [4.78, 5) is 4.01. The number of hydrogen-bond acceptors (Lipinski definition) is 1.